The van der Waals surface area contributed by atoms with E-state index in [1.165, 1.54) is 29.5 Å². The molecular formula is C30H31ClN2O5S2. The number of carbonyl (C=O) groups is 1. The Labute approximate surface area is 243 Å². The number of aromatic nitrogens is 1. The zero-order chi connectivity index (χ0) is 28.9. The van der Waals surface area contributed by atoms with Crippen LogP contribution in [-0.2, 0) is 28.3 Å². The molecule has 4 rings (SSSR count). The zero-order valence-electron chi connectivity index (χ0n) is 22.5. The van der Waals surface area contributed by atoms with E-state index in [0.717, 1.165) is 16.3 Å². The molecule has 1 amide bonds. The molecule has 4 aromatic rings. The molecule has 2 N–H and O–H groups in total. The van der Waals surface area contributed by atoms with Gasteiger partial charge >= 0.3 is 0 Å². The highest BCUT2D eigenvalue weighted by Gasteiger charge is 2.18. The van der Waals surface area contributed by atoms with Gasteiger partial charge in [0.2, 0.25) is 0 Å². The number of hydrogen-bond donors (Lipinski definition) is 2. The van der Waals surface area contributed by atoms with E-state index in [9.17, 15) is 18.3 Å². The number of nitrogens with zero attached hydrogens (tertiary/aromatic N) is 1. The molecule has 0 atom stereocenters. The van der Waals surface area contributed by atoms with Crippen LogP contribution >= 0.6 is 22.9 Å². The van der Waals surface area contributed by atoms with Crippen LogP contribution in [0, 0.1) is 0 Å². The first-order valence-electron chi connectivity index (χ1n) is 12.7. The van der Waals surface area contributed by atoms with Crippen LogP contribution in [0.25, 0.3) is 0 Å². The summed E-state index contributed by atoms with van der Waals surface area (Å²) < 4.78 is 31.1. The lowest BCUT2D eigenvalue weighted by Crippen LogP contribution is -2.13. The zero-order valence-corrected chi connectivity index (χ0v) is 24.9. The van der Waals surface area contributed by atoms with E-state index in [1.807, 2.05) is 5.38 Å². The van der Waals surface area contributed by atoms with Gasteiger partial charge in [0, 0.05) is 21.4 Å². The smallest absolute Gasteiger partial charge is 0.255 e. The molecule has 0 spiro atoms. The first-order chi connectivity index (χ1) is 18.9. The van der Waals surface area contributed by atoms with Crippen molar-refractivity contribution < 1.29 is 23.1 Å². The summed E-state index contributed by atoms with van der Waals surface area (Å²) in [6.45, 7) is 6.61. The van der Waals surface area contributed by atoms with Crippen molar-refractivity contribution in [3.63, 3.8) is 0 Å². The molecule has 10 heteroatoms. The number of thiazole rings is 1. The maximum atomic E-state index is 13.0. The number of anilines is 1. The fraction of sp³-hybridized carbons (Fsp3) is 0.267. The van der Waals surface area contributed by atoms with Gasteiger partial charge in [-0.05, 0) is 73.0 Å². The van der Waals surface area contributed by atoms with Crippen molar-refractivity contribution in [3.05, 3.63) is 99.0 Å². The number of ether oxygens (including phenoxy) is 1. The fourth-order valence-corrected chi connectivity index (χ4v) is 6.22. The van der Waals surface area contributed by atoms with Crippen molar-refractivity contribution in [3.8, 4) is 11.5 Å². The van der Waals surface area contributed by atoms with E-state index in [-0.39, 0.29) is 27.5 Å². The molecule has 0 saturated carbocycles. The summed E-state index contributed by atoms with van der Waals surface area (Å²) in [5.74, 6) is -0.00749. The van der Waals surface area contributed by atoms with E-state index in [2.05, 4.69) is 31.1 Å². The maximum Gasteiger partial charge on any atom is 0.255 e. The fourth-order valence-electron chi connectivity index (χ4n) is 3.85. The predicted octanol–water partition coefficient (Wildman–Crippen LogP) is 7.04. The largest absolute Gasteiger partial charge is 0.506 e. The number of benzene rings is 3. The van der Waals surface area contributed by atoms with Crippen molar-refractivity contribution in [1.82, 2.24) is 4.98 Å². The third-order valence-corrected chi connectivity index (χ3v) is 9.03. The minimum atomic E-state index is -3.45. The lowest BCUT2D eigenvalue weighted by molar-refractivity contribution is 0.102. The highest BCUT2D eigenvalue weighted by Crippen LogP contribution is 2.27. The van der Waals surface area contributed by atoms with Crippen molar-refractivity contribution in [2.75, 3.05) is 11.1 Å². The molecule has 3 aromatic carbocycles. The van der Waals surface area contributed by atoms with E-state index >= 15 is 0 Å². The Morgan fingerprint density at radius 2 is 1.82 bits per heavy atom. The molecule has 0 saturated heterocycles. The third-order valence-electron chi connectivity index (χ3n) is 6.14. The Balaban J connectivity index is 1.36. The number of halogens is 1. The van der Waals surface area contributed by atoms with E-state index < -0.39 is 15.7 Å². The van der Waals surface area contributed by atoms with Crippen LogP contribution in [0.4, 0.5) is 5.69 Å². The second-order valence-corrected chi connectivity index (χ2v) is 13.9. The van der Waals surface area contributed by atoms with Crippen LogP contribution in [-0.4, -0.2) is 30.2 Å². The topological polar surface area (TPSA) is 106 Å². The standard InChI is InChI=1S/C30H31ClN2O5S2/c1-30(2,3)27-19-39-28(33-27)18-38-23-8-4-7-21(17-23)29(35)32-25-16-20(9-14-26(25)34)6-5-15-40(36,37)24-12-10-22(31)11-13-24/h4,7-14,16-17,19,34H,5-6,15,18H2,1-3H3,(H,32,35). The van der Waals surface area contributed by atoms with Crippen molar-refractivity contribution >= 4 is 44.4 Å². The molecule has 40 heavy (non-hydrogen) atoms. The molecule has 0 bridgehead atoms. The molecule has 210 valence electrons. The Bertz CT molecular complexity index is 1590. The van der Waals surface area contributed by atoms with Gasteiger partial charge in [0.15, 0.2) is 9.84 Å². The van der Waals surface area contributed by atoms with Crippen molar-refractivity contribution in [2.24, 2.45) is 0 Å². The van der Waals surface area contributed by atoms with Gasteiger partial charge in [0.05, 0.1) is 22.0 Å². The molecule has 0 aliphatic carbocycles. The van der Waals surface area contributed by atoms with E-state index in [4.69, 9.17) is 16.3 Å². The molecule has 0 fully saturated rings. The Morgan fingerprint density at radius 1 is 1.07 bits per heavy atom. The maximum absolute atomic E-state index is 13.0. The van der Waals surface area contributed by atoms with Gasteiger partial charge in [-0.25, -0.2) is 13.4 Å². The highest BCUT2D eigenvalue weighted by molar-refractivity contribution is 7.91. The number of hydrogen-bond acceptors (Lipinski definition) is 7. The van der Waals surface area contributed by atoms with Gasteiger partial charge in [0.1, 0.15) is 23.1 Å². The summed E-state index contributed by atoms with van der Waals surface area (Å²) in [5.41, 5.74) is 2.37. The first-order valence-corrected chi connectivity index (χ1v) is 15.6. The summed E-state index contributed by atoms with van der Waals surface area (Å²) in [6, 6.07) is 17.7. The quantitative estimate of drug-likeness (QED) is 0.190. The number of phenolic OH excluding ortho intramolecular Hbond substituents is 1. The van der Waals surface area contributed by atoms with Crippen molar-refractivity contribution in [2.45, 2.75) is 50.5 Å². The minimum absolute atomic E-state index is 0.0370. The average Bonchev–Trinajstić information content (AvgIpc) is 3.40. The number of carbonyl (C=O) groups excluding carboxylic acids is 1. The lowest BCUT2D eigenvalue weighted by Gasteiger charge is -2.14. The van der Waals surface area contributed by atoms with E-state index in [1.54, 1.807) is 48.5 Å². The van der Waals surface area contributed by atoms with Gasteiger partial charge in [-0.2, -0.15) is 0 Å². The molecule has 0 aliphatic rings. The summed E-state index contributed by atoms with van der Waals surface area (Å²) in [4.78, 5) is 17.8. The summed E-state index contributed by atoms with van der Waals surface area (Å²) in [5, 5.41) is 16.4. The molecule has 1 aromatic heterocycles. The van der Waals surface area contributed by atoms with Crippen LogP contribution in [0.2, 0.25) is 5.02 Å². The number of nitrogens with one attached hydrogen (secondary N) is 1. The number of phenols is 1. The van der Waals surface area contributed by atoms with Gasteiger partial charge < -0.3 is 15.2 Å². The Morgan fingerprint density at radius 3 is 2.52 bits per heavy atom. The SMILES string of the molecule is CC(C)(C)c1csc(COc2cccc(C(=O)Nc3cc(CCCS(=O)(=O)c4ccc(Cl)cc4)ccc3O)c2)n1. The average molecular weight is 599 g/mol. The van der Waals surface area contributed by atoms with Gasteiger partial charge in [-0.3, -0.25) is 4.79 Å². The number of aromatic hydroxyl groups is 1. The van der Waals surface area contributed by atoms with Crippen LogP contribution in [0.1, 0.15) is 53.8 Å². The lowest BCUT2D eigenvalue weighted by atomic mass is 9.93. The van der Waals surface area contributed by atoms with Crippen LogP contribution < -0.4 is 10.1 Å². The summed E-state index contributed by atoms with van der Waals surface area (Å²) in [7, 11) is -3.45. The number of sulfone groups is 1. The Kier molecular flexibility index (Phi) is 9.18. The second-order valence-electron chi connectivity index (χ2n) is 10.4. The number of rotatable bonds is 10. The van der Waals surface area contributed by atoms with Crippen LogP contribution in [0.3, 0.4) is 0 Å². The predicted molar refractivity (Wildman–Crippen MR) is 159 cm³/mol. The monoisotopic (exact) mass is 598 g/mol. The first kappa shape index (κ1) is 29.6. The van der Waals surface area contributed by atoms with Crippen LogP contribution in [0.15, 0.2) is 77.0 Å². The molecule has 0 aliphatic heterocycles. The third kappa shape index (κ3) is 7.84. The minimum Gasteiger partial charge on any atom is -0.506 e. The highest BCUT2D eigenvalue weighted by atomic mass is 35.5. The second kappa shape index (κ2) is 12.4. The van der Waals surface area contributed by atoms with E-state index in [0.29, 0.717) is 35.8 Å². The van der Waals surface area contributed by atoms with Gasteiger partial charge in [-0.1, -0.05) is 44.5 Å². The molecule has 1 heterocycles. The summed E-state index contributed by atoms with van der Waals surface area (Å²) in [6.07, 6.45) is 0.825. The normalized spacial score (nSPS) is 11.8. The van der Waals surface area contributed by atoms with Gasteiger partial charge in [0.25, 0.3) is 5.91 Å². The van der Waals surface area contributed by atoms with Crippen molar-refractivity contribution in [1.29, 1.82) is 0 Å². The molecule has 0 unspecified atom stereocenters. The number of aryl methyl sites for hydroxylation is 1. The molecular weight excluding hydrogens is 568 g/mol. The summed E-state index contributed by atoms with van der Waals surface area (Å²) >= 11 is 7.39. The molecule has 0 radical (unpaired) electrons. The van der Waals surface area contributed by atoms with Crippen LogP contribution in [0.5, 0.6) is 11.5 Å². The molecule has 7 nitrogen and oxygen atoms in total. The van der Waals surface area contributed by atoms with Gasteiger partial charge in [-0.15, -0.1) is 11.3 Å². The number of amides is 1. The Hall–Kier alpha value is -3.40.